The molecule has 0 bridgehead atoms. The number of hydrogen-bond acceptors (Lipinski definition) is 2. The van der Waals surface area contributed by atoms with E-state index in [4.69, 9.17) is 0 Å². The van der Waals surface area contributed by atoms with E-state index < -0.39 is 0 Å². The van der Waals surface area contributed by atoms with Crippen molar-refractivity contribution < 1.29 is 0 Å². The second-order valence-corrected chi connectivity index (χ2v) is 4.20. The molecule has 1 aromatic heterocycles. The van der Waals surface area contributed by atoms with Gasteiger partial charge in [-0.2, -0.15) is 0 Å². The van der Waals surface area contributed by atoms with Gasteiger partial charge in [-0.05, 0) is 24.9 Å². The van der Waals surface area contributed by atoms with Crippen molar-refractivity contribution in [2.45, 2.75) is 18.9 Å². The highest BCUT2D eigenvalue weighted by Crippen LogP contribution is 2.23. The predicted octanol–water partition coefficient (Wildman–Crippen LogP) is 2.50. The fourth-order valence-electron chi connectivity index (χ4n) is 2.20. The molecule has 0 unspecified atom stereocenters. The number of imidazole rings is 1. The smallest absolute Gasteiger partial charge is 0.123 e. The predicted molar refractivity (Wildman–Crippen MR) is 64.0 cm³/mol. The molecular weight excluding hydrogens is 198 g/mol. The maximum atomic E-state index is 4.46. The lowest BCUT2D eigenvalue weighted by Gasteiger charge is -2.05. The molecule has 0 aliphatic carbocycles. The van der Waals surface area contributed by atoms with Crippen molar-refractivity contribution in [1.82, 2.24) is 15.3 Å². The van der Waals surface area contributed by atoms with Crippen LogP contribution in [-0.2, 0) is 0 Å². The number of H-pyrrole nitrogens is 1. The van der Waals surface area contributed by atoms with Crippen LogP contribution in [0.4, 0.5) is 0 Å². The second kappa shape index (κ2) is 4.10. The van der Waals surface area contributed by atoms with Crippen LogP contribution in [0.15, 0.2) is 36.5 Å². The highest BCUT2D eigenvalue weighted by Gasteiger charge is 2.18. The Hall–Kier alpha value is -1.61. The summed E-state index contributed by atoms with van der Waals surface area (Å²) in [6.45, 7) is 1.10. The molecule has 3 heteroatoms. The lowest BCUT2D eigenvalue weighted by molar-refractivity contribution is 0.613. The van der Waals surface area contributed by atoms with Gasteiger partial charge in [-0.25, -0.2) is 4.98 Å². The van der Waals surface area contributed by atoms with Gasteiger partial charge in [0.2, 0.25) is 0 Å². The molecule has 0 spiro atoms. The molecule has 0 radical (unpaired) electrons. The quantitative estimate of drug-likeness (QED) is 0.804. The van der Waals surface area contributed by atoms with E-state index in [1.807, 2.05) is 24.4 Å². The molecule has 2 heterocycles. The van der Waals surface area contributed by atoms with Crippen LogP contribution in [0.25, 0.3) is 11.3 Å². The van der Waals surface area contributed by atoms with E-state index in [1.165, 1.54) is 18.4 Å². The van der Waals surface area contributed by atoms with Crippen LogP contribution in [0.5, 0.6) is 0 Å². The third kappa shape index (κ3) is 1.74. The summed E-state index contributed by atoms with van der Waals surface area (Å²) in [5, 5.41) is 3.44. The van der Waals surface area contributed by atoms with Gasteiger partial charge in [-0.1, -0.05) is 30.3 Å². The summed E-state index contributed by atoms with van der Waals surface area (Å²) in [7, 11) is 0. The summed E-state index contributed by atoms with van der Waals surface area (Å²) in [5.41, 5.74) is 2.29. The number of aromatic nitrogens is 2. The Morgan fingerprint density at radius 1 is 1.19 bits per heavy atom. The van der Waals surface area contributed by atoms with E-state index in [0.29, 0.717) is 6.04 Å². The van der Waals surface area contributed by atoms with E-state index >= 15 is 0 Å². The maximum absolute atomic E-state index is 4.46. The molecule has 1 aliphatic rings. The largest absolute Gasteiger partial charge is 0.341 e. The van der Waals surface area contributed by atoms with Crippen molar-refractivity contribution in [2.24, 2.45) is 0 Å². The summed E-state index contributed by atoms with van der Waals surface area (Å²) in [4.78, 5) is 7.85. The van der Waals surface area contributed by atoms with Gasteiger partial charge in [0.1, 0.15) is 5.82 Å². The highest BCUT2D eigenvalue weighted by atomic mass is 15.0. The minimum Gasteiger partial charge on any atom is -0.341 e. The summed E-state index contributed by atoms with van der Waals surface area (Å²) >= 11 is 0. The zero-order chi connectivity index (χ0) is 10.8. The molecule has 1 aliphatic heterocycles. The molecule has 16 heavy (non-hydrogen) atoms. The van der Waals surface area contributed by atoms with Gasteiger partial charge in [-0.3, -0.25) is 0 Å². The summed E-state index contributed by atoms with van der Waals surface area (Å²) in [6, 6.07) is 10.7. The third-order valence-electron chi connectivity index (χ3n) is 3.07. The van der Waals surface area contributed by atoms with Gasteiger partial charge in [0.15, 0.2) is 0 Å². The van der Waals surface area contributed by atoms with Gasteiger partial charge >= 0.3 is 0 Å². The fraction of sp³-hybridized carbons (Fsp3) is 0.308. The number of rotatable bonds is 2. The van der Waals surface area contributed by atoms with E-state index in [0.717, 1.165) is 18.1 Å². The van der Waals surface area contributed by atoms with Crippen molar-refractivity contribution in [3.05, 3.63) is 42.4 Å². The first-order chi connectivity index (χ1) is 7.93. The van der Waals surface area contributed by atoms with Crippen molar-refractivity contribution in [3.8, 4) is 11.3 Å². The first kappa shape index (κ1) is 9.60. The number of benzene rings is 1. The normalized spacial score (nSPS) is 20.1. The van der Waals surface area contributed by atoms with Crippen molar-refractivity contribution in [3.63, 3.8) is 0 Å². The lowest BCUT2D eigenvalue weighted by Crippen LogP contribution is -2.14. The summed E-state index contributed by atoms with van der Waals surface area (Å²) in [5.74, 6) is 1.07. The van der Waals surface area contributed by atoms with Crippen molar-refractivity contribution in [1.29, 1.82) is 0 Å². The van der Waals surface area contributed by atoms with Crippen LogP contribution in [0.1, 0.15) is 24.7 Å². The standard InChI is InChI=1S/C13H15N3/c1-2-5-10(6-3-1)12-9-15-13(16-12)11-7-4-8-14-11/h1-3,5-6,9,11,14H,4,7-8H2,(H,15,16)/t11-/m1/s1. The van der Waals surface area contributed by atoms with Crippen LogP contribution in [0.2, 0.25) is 0 Å². The SMILES string of the molecule is c1ccc(-c2cnc([C@H]3CCCN3)[nH]2)cc1. The van der Waals surface area contributed by atoms with Crippen LogP contribution >= 0.6 is 0 Å². The maximum Gasteiger partial charge on any atom is 0.123 e. The molecule has 3 nitrogen and oxygen atoms in total. The topological polar surface area (TPSA) is 40.7 Å². The van der Waals surface area contributed by atoms with E-state index in [9.17, 15) is 0 Å². The monoisotopic (exact) mass is 213 g/mol. The second-order valence-electron chi connectivity index (χ2n) is 4.20. The Morgan fingerprint density at radius 3 is 2.81 bits per heavy atom. The van der Waals surface area contributed by atoms with Crippen LogP contribution in [-0.4, -0.2) is 16.5 Å². The highest BCUT2D eigenvalue weighted by molar-refractivity contribution is 5.58. The zero-order valence-electron chi connectivity index (χ0n) is 9.11. The number of aromatic amines is 1. The fourth-order valence-corrected chi connectivity index (χ4v) is 2.20. The molecule has 1 saturated heterocycles. The Kier molecular flexibility index (Phi) is 2.46. The molecule has 1 atom stereocenters. The van der Waals surface area contributed by atoms with Crippen molar-refractivity contribution in [2.75, 3.05) is 6.54 Å². The van der Waals surface area contributed by atoms with E-state index in [2.05, 4.69) is 27.4 Å². The van der Waals surface area contributed by atoms with Gasteiger partial charge in [0.05, 0.1) is 17.9 Å². The first-order valence-corrected chi connectivity index (χ1v) is 5.77. The number of hydrogen-bond donors (Lipinski definition) is 2. The van der Waals surface area contributed by atoms with Crippen molar-refractivity contribution >= 4 is 0 Å². The van der Waals surface area contributed by atoms with E-state index in [-0.39, 0.29) is 0 Å². The molecule has 1 aromatic carbocycles. The van der Waals surface area contributed by atoms with Crippen LogP contribution in [0, 0.1) is 0 Å². The third-order valence-corrected chi connectivity index (χ3v) is 3.07. The van der Waals surface area contributed by atoms with Gasteiger partial charge in [0.25, 0.3) is 0 Å². The number of nitrogens with zero attached hydrogens (tertiary/aromatic N) is 1. The summed E-state index contributed by atoms with van der Waals surface area (Å²) in [6.07, 6.45) is 4.35. The van der Waals surface area contributed by atoms with Gasteiger partial charge < -0.3 is 10.3 Å². The lowest BCUT2D eigenvalue weighted by atomic mass is 10.2. The minimum atomic E-state index is 0.414. The molecule has 3 rings (SSSR count). The molecule has 0 saturated carbocycles. The molecule has 1 fully saturated rings. The molecular formula is C13H15N3. The van der Waals surface area contributed by atoms with Crippen LogP contribution < -0.4 is 5.32 Å². The Balaban J connectivity index is 1.87. The Morgan fingerprint density at radius 2 is 2.06 bits per heavy atom. The Bertz CT molecular complexity index is 455. The van der Waals surface area contributed by atoms with Gasteiger partial charge in [0, 0.05) is 0 Å². The number of nitrogens with one attached hydrogen (secondary N) is 2. The first-order valence-electron chi connectivity index (χ1n) is 5.77. The van der Waals surface area contributed by atoms with Crippen LogP contribution in [0.3, 0.4) is 0 Å². The Labute approximate surface area is 94.9 Å². The minimum absolute atomic E-state index is 0.414. The summed E-state index contributed by atoms with van der Waals surface area (Å²) < 4.78 is 0. The van der Waals surface area contributed by atoms with Gasteiger partial charge in [-0.15, -0.1) is 0 Å². The molecule has 82 valence electrons. The van der Waals surface area contributed by atoms with E-state index in [1.54, 1.807) is 0 Å². The molecule has 2 aromatic rings. The molecule has 0 amide bonds. The average Bonchev–Trinajstić information content (AvgIpc) is 3.01. The zero-order valence-corrected chi connectivity index (χ0v) is 9.11. The average molecular weight is 213 g/mol. The molecule has 2 N–H and O–H groups in total.